The Morgan fingerprint density at radius 3 is 1.71 bits per heavy atom. The summed E-state index contributed by atoms with van der Waals surface area (Å²) in [4.78, 5) is 12.7. The highest BCUT2D eigenvalue weighted by Gasteiger charge is 2.64. The van der Waals surface area contributed by atoms with Gasteiger partial charge in [0.1, 0.15) is 6.10 Å². The number of aliphatic hydroxyl groups is 1. The molecule has 1 aliphatic heterocycles. The lowest BCUT2D eigenvalue weighted by molar-refractivity contribution is -0.186. The first-order chi connectivity index (χ1) is 14.8. The van der Waals surface area contributed by atoms with Gasteiger partial charge in [0.05, 0.1) is 19.2 Å². The van der Waals surface area contributed by atoms with E-state index in [0.717, 1.165) is 25.7 Å². The van der Waals surface area contributed by atoms with Crippen molar-refractivity contribution in [3.63, 3.8) is 0 Å². The lowest BCUT2D eigenvalue weighted by Gasteiger charge is -2.54. The van der Waals surface area contributed by atoms with Gasteiger partial charge >= 0.3 is 5.97 Å². The van der Waals surface area contributed by atoms with E-state index in [2.05, 4.69) is 33.5 Å². The minimum atomic E-state index is -1.75. The normalized spacial score (nSPS) is 22.3. The molecular formula is C27H54O3Si. The third kappa shape index (κ3) is 9.58. The van der Waals surface area contributed by atoms with E-state index < -0.39 is 8.07 Å². The number of rotatable bonds is 20. The fourth-order valence-electron chi connectivity index (χ4n) is 5.32. The lowest BCUT2D eigenvalue weighted by atomic mass is 9.85. The molecule has 0 saturated carbocycles. The number of esters is 1. The van der Waals surface area contributed by atoms with E-state index in [1.165, 1.54) is 83.5 Å². The largest absolute Gasteiger partial charge is 0.461 e. The van der Waals surface area contributed by atoms with Crippen LogP contribution < -0.4 is 0 Å². The Labute approximate surface area is 195 Å². The van der Waals surface area contributed by atoms with Crippen LogP contribution in [-0.4, -0.2) is 31.4 Å². The monoisotopic (exact) mass is 454 g/mol. The van der Waals surface area contributed by atoms with Gasteiger partial charge in [0.15, 0.2) is 0 Å². The van der Waals surface area contributed by atoms with Gasteiger partial charge in [-0.15, -0.1) is 0 Å². The molecule has 1 saturated heterocycles. The van der Waals surface area contributed by atoms with Crippen molar-refractivity contribution in [1.82, 2.24) is 0 Å². The van der Waals surface area contributed by atoms with Crippen LogP contribution in [-0.2, 0) is 9.53 Å². The Morgan fingerprint density at radius 2 is 1.26 bits per heavy atom. The molecule has 0 aromatic heterocycles. The van der Waals surface area contributed by atoms with Crippen LogP contribution in [0.5, 0.6) is 0 Å². The fraction of sp³-hybridized carbons (Fsp3) is 0.963. The van der Waals surface area contributed by atoms with Crippen molar-refractivity contribution in [3.8, 4) is 0 Å². The Kier molecular flexibility index (Phi) is 14.3. The van der Waals surface area contributed by atoms with Crippen LogP contribution in [0.3, 0.4) is 0 Å². The van der Waals surface area contributed by atoms with E-state index in [1.54, 1.807) is 0 Å². The van der Waals surface area contributed by atoms with Crippen LogP contribution in [0, 0.1) is 0 Å². The van der Waals surface area contributed by atoms with Crippen LogP contribution >= 0.6 is 0 Å². The predicted octanol–water partition coefficient (Wildman–Crippen LogP) is 8.41. The molecule has 1 fully saturated rings. The predicted molar refractivity (Wildman–Crippen MR) is 136 cm³/mol. The summed E-state index contributed by atoms with van der Waals surface area (Å²) < 4.78 is 5.68. The lowest BCUT2D eigenvalue weighted by Crippen LogP contribution is -2.63. The molecule has 1 aliphatic rings. The summed E-state index contributed by atoms with van der Waals surface area (Å²) in [5.41, 5.74) is 0. The van der Waals surface area contributed by atoms with Crippen molar-refractivity contribution >= 4 is 14.0 Å². The molecule has 0 aliphatic carbocycles. The zero-order valence-corrected chi connectivity index (χ0v) is 22.6. The van der Waals surface area contributed by atoms with Crippen molar-refractivity contribution in [2.24, 2.45) is 0 Å². The number of carbonyl (C=O) groups is 1. The molecule has 3 nitrogen and oxygen atoms in total. The highest BCUT2D eigenvalue weighted by Crippen LogP contribution is 2.57. The first-order valence-corrected chi connectivity index (χ1v) is 17.2. The zero-order valence-electron chi connectivity index (χ0n) is 21.6. The Balaban J connectivity index is 2.38. The summed E-state index contributed by atoms with van der Waals surface area (Å²) in [6, 6.07) is 0. The number of carbonyl (C=O) groups excluding carboxylic acids is 1. The van der Waals surface area contributed by atoms with Gasteiger partial charge in [0.25, 0.3) is 0 Å². The Morgan fingerprint density at radius 1 is 0.806 bits per heavy atom. The fourth-order valence-corrected chi connectivity index (χ4v) is 8.07. The third-order valence-corrected chi connectivity index (χ3v) is 11.0. The van der Waals surface area contributed by atoms with E-state index >= 15 is 0 Å². The second-order valence-corrected chi connectivity index (χ2v) is 16.5. The quantitative estimate of drug-likeness (QED) is 0.114. The molecule has 1 rings (SSSR count). The van der Waals surface area contributed by atoms with Gasteiger partial charge in [0.2, 0.25) is 0 Å². The summed E-state index contributed by atoms with van der Waals surface area (Å²) in [6.45, 7) is 11.4. The van der Waals surface area contributed by atoms with Gasteiger partial charge in [-0.2, -0.15) is 0 Å². The van der Waals surface area contributed by atoms with Gasteiger partial charge in [-0.05, 0) is 12.8 Å². The molecule has 31 heavy (non-hydrogen) atoms. The highest BCUT2D eigenvalue weighted by atomic mass is 28.3. The molecule has 0 aromatic rings. The van der Waals surface area contributed by atoms with Crippen molar-refractivity contribution in [3.05, 3.63) is 0 Å². The molecule has 0 bridgehead atoms. The summed E-state index contributed by atoms with van der Waals surface area (Å²) in [7, 11) is -1.75. The average Bonchev–Trinajstić information content (AvgIpc) is 2.70. The number of hydrogen-bond donors (Lipinski definition) is 1. The van der Waals surface area contributed by atoms with E-state index in [4.69, 9.17) is 4.74 Å². The molecule has 0 aromatic carbocycles. The summed E-state index contributed by atoms with van der Waals surface area (Å²) in [5, 5.41) is 10.3. The van der Waals surface area contributed by atoms with E-state index in [1.807, 2.05) is 0 Å². The molecule has 184 valence electrons. The summed E-state index contributed by atoms with van der Waals surface area (Å²) in [5.74, 6) is 0.0303. The van der Waals surface area contributed by atoms with Crippen molar-refractivity contribution in [1.29, 1.82) is 0 Å². The number of cyclic esters (lactones) is 1. The van der Waals surface area contributed by atoms with Crippen molar-refractivity contribution < 1.29 is 14.6 Å². The van der Waals surface area contributed by atoms with Gasteiger partial charge in [-0.25, -0.2) is 0 Å². The number of ether oxygens (including phenoxy) is 1. The van der Waals surface area contributed by atoms with Crippen LogP contribution in [0.2, 0.25) is 24.7 Å². The first-order valence-electron chi connectivity index (χ1n) is 13.7. The topological polar surface area (TPSA) is 46.5 Å². The first kappa shape index (κ1) is 28.7. The van der Waals surface area contributed by atoms with Gasteiger partial charge < -0.3 is 9.84 Å². The van der Waals surface area contributed by atoms with Crippen LogP contribution in [0.1, 0.15) is 129 Å². The van der Waals surface area contributed by atoms with E-state index in [9.17, 15) is 9.90 Å². The minimum Gasteiger partial charge on any atom is -0.461 e. The second-order valence-electron chi connectivity index (χ2n) is 11.1. The molecule has 0 unspecified atom stereocenters. The zero-order chi connectivity index (χ0) is 23.2. The minimum absolute atomic E-state index is 0.0303. The molecule has 0 spiro atoms. The Bertz CT molecular complexity index is 474. The molecule has 1 N–H and O–H groups in total. The van der Waals surface area contributed by atoms with Crippen molar-refractivity contribution in [2.75, 3.05) is 0 Å². The van der Waals surface area contributed by atoms with Gasteiger partial charge in [-0.1, -0.05) is 130 Å². The number of unbranched alkanes of at least 4 members (excludes halogenated alkanes) is 13. The van der Waals surface area contributed by atoms with E-state index in [-0.39, 0.29) is 23.2 Å². The maximum Gasteiger partial charge on any atom is 0.313 e. The summed E-state index contributed by atoms with van der Waals surface area (Å²) >= 11 is 0. The summed E-state index contributed by atoms with van der Waals surface area (Å²) in [6.07, 6.45) is 21.3. The molecule has 3 atom stereocenters. The van der Waals surface area contributed by atoms with Gasteiger partial charge in [-0.3, -0.25) is 4.79 Å². The smallest absolute Gasteiger partial charge is 0.313 e. The molecular weight excluding hydrogens is 400 g/mol. The highest BCUT2D eigenvalue weighted by molar-refractivity contribution is 6.83. The number of hydrogen-bond acceptors (Lipinski definition) is 3. The molecule has 1 heterocycles. The molecule has 0 radical (unpaired) electrons. The maximum atomic E-state index is 12.7. The van der Waals surface area contributed by atoms with Crippen LogP contribution in [0.25, 0.3) is 0 Å². The third-order valence-electron chi connectivity index (χ3n) is 7.55. The number of aliphatic hydroxyl groups excluding tert-OH is 1. The van der Waals surface area contributed by atoms with Crippen LogP contribution in [0.15, 0.2) is 0 Å². The SMILES string of the molecule is CCCCCCCCCCCC[C@]1([Si](C)(C)C)C(=O)O[C@H]1C[C@H](O)CCCCCCC. The second kappa shape index (κ2) is 15.5. The van der Waals surface area contributed by atoms with Crippen LogP contribution in [0.4, 0.5) is 0 Å². The van der Waals surface area contributed by atoms with E-state index in [0.29, 0.717) is 6.42 Å². The average molecular weight is 455 g/mol. The standard InChI is InChI=1S/C27H54O3Si/c1-6-8-10-12-13-14-15-16-18-20-22-27(31(3,4)5)25(30-26(27)29)23-24(28)21-19-17-11-9-7-2/h24-25,28H,6-23H2,1-5H3/t24-,25+,27-/m1/s1. The molecule has 4 heteroatoms. The molecule has 0 amide bonds. The van der Waals surface area contributed by atoms with Gasteiger partial charge in [0, 0.05) is 6.42 Å². The maximum absolute atomic E-state index is 12.7. The van der Waals surface area contributed by atoms with Crippen molar-refractivity contribution in [2.45, 2.75) is 166 Å². The Hall–Kier alpha value is -0.353.